The maximum Gasteiger partial charge on any atom is 0.329 e. The van der Waals surface area contributed by atoms with Gasteiger partial charge >= 0.3 is 5.69 Å². The largest absolute Gasteiger partial charge is 0.361 e. The molecule has 0 radical (unpaired) electrons. The van der Waals surface area contributed by atoms with E-state index in [1.54, 1.807) is 12.1 Å². The van der Waals surface area contributed by atoms with Gasteiger partial charge in [0.2, 0.25) is 11.8 Å². The van der Waals surface area contributed by atoms with Crippen LogP contribution < -0.4 is 10.6 Å². The molecule has 138 valence electrons. The summed E-state index contributed by atoms with van der Waals surface area (Å²) < 4.78 is 13.1. The molecule has 9 heteroatoms. The minimum Gasteiger partial charge on any atom is -0.361 e. The number of rotatable bonds is 8. The molecule has 1 heterocycles. The van der Waals surface area contributed by atoms with Crippen molar-refractivity contribution in [3.63, 3.8) is 0 Å². The van der Waals surface area contributed by atoms with E-state index in [4.69, 9.17) is 0 Å². The summed E-state index contributed by atoms with van der Waals surface area (Å²) in [4.78, 5) is 20.9. The summed E-state index contributed by atoms with van der Waals surface area (Å²) in [6.07, 6.45) is 3.18. The number of aromatic nitrogens is 2. The number of hydrogen-bond acceptors (Lipinski definition) is 7. The average Bonchev–Trinajstić information content (AvgIpc) is 3.40. The molecular formula is C17H21FN6O2. The summed E-state index contributed by atoms with van der Waals surface area (Å²) in [6, 6.07) is 6.52. The lowest BCUT2D eigenvalue weighted by atomic mass is 10.1. The fourth-order valence-electron chi connectivity index (χ4n) is 2.59. The van der Waals surface area contributed by atoms with E-state index < -0.39 is 4.92 Å². The molecule has 2 aromatic rings. The summed E-state index contributed by atoms with van der Waals surface area (Å²) in [6.45, 7) is 0.472. The van der Waals surface area contributed by atoms with Crippen LogP contribution in [0.4, 0.5) is 21.8 Å². The minimum atomic E-state index is -0.490. The SMILES string of the molecule is CN(C)[C@@H](CNc1ncc([N+](=O)[O-])c(NC2CC2)n1)c1ccc(F)cc1. The van der Waals surface area contributed by atoms with Crippen molar-refractivity contribution in [3.05, 3.63) is 52.0 Å². The monoisotopic (exact) mass is 360 g/mol. The molecule has 0 amide bonds. The number of benzene rings is 1. The molecule has 26 heavy (non-hydrogen) atoms. The third kappa shape index (κ3) is 4.42. The Morgan fingerprint density at radius 2 is 2.04 bits per heavy atom. The highest BCUT2D eigenvalue weighted by Gasteiger charge is 2.26. The van der Waals surface area contributed by atoms with Crippen LogP contribution in [0.5, 0.6) is 0 Å². The van der Waals surface area contributed by atoms with Crippen molar-refractivity contribution in [1.29, 1.82) is 0 Å². The summed E-state index contributed by atoms with van der Waals surface area (Å²) in [5.74, 6) is 0.264. The minimum absolute atomic E-state index is 0.0331. The molecule has 1 atom stereocenters. The van der Waals surface area contributed by atoms with Crippen molar-refractivity contribution >= 4 is 17.5 Å². The number of anilines is 2. The van der Waals surface area contributed by atoms with Crippen LogP contribution >= 0.6 is 0 Å². The zero-order valence-corrected chi connectivity index (χ0v) is 14.6. The van der Waals surface area contributed by atoms with Gasteiger partial charge in [0.05, 0.1) is 11.0 Å². The number of nitrogens with zero attached hydrogens (tertiary/aromatic N) is 4. The molecule has 8 nitrogen and oxygen atoms in total. The van der Waals surface area contributed by atoms with Crippen molar-refractivity contribution in [2.45, 2.75) is 24.9 Å². The van der Waals surface area contributed by atoms with Crippen molar-refractivity contribution in [2.75, 3.05) is 31.3 Å². The smallest absolute Gasteiger partial charge is 0.329 e. The molecule has 0 bridgehead atoms. The van der Waals surface area contributed by atoms with E-state index in [9.17, 15) is 14.5 Å². The van der Waals surface area contributed by atoms with Gasteiger partial charge in [0, 0.05) is 12.6 Å². The molecule has 1 aromatic carbocycles. The van der Waals surface area contributed by atoms with Gasteiger partial charge in [-0.3, -0.25) is 10.1 Å². The molecule has 3 rings (SSSR count). The second kappa shape index (κ2) is 7.61. The standard InChI is InChI=1S/C17H21FN6O2/c1-23(2)14(11-3-5-12(18)6-4-11)9-19-17-20-10-15(24(25)26)16(22-17)21-13-7-8-13/h3-6,10,13-14H,7-9H2,1-2H3,(H2,19,20,21,22)/t14-/m0/s1. The highest BCUT2D eigenvalue weighted by atomic mass is 19.1. The van der Waals surface area contributed by atoms with Crippen LogP contribution in [0, 0.1) is 15.9 Å². The maximum absolute atomic E-state index is 13.1. The lowest BCUT2D eigenvalue weighted by Crippen LogP contribution is -2.27. The topological polar surface area (TPSA) is 96.2 Å². The van der Waals surface area contributed by atoms with E-state index in [1.807, 2.05) is 19.0 Å². The Kier molecular flexibility index (Phi) is 5.27. The Labute approximate surface area is 150 Å². The van der Waals surface area contributed by atoms with Gasteiger partial charge in [-0.15, -0.1) is 0 Å². The van der Waals surface area contributed by atoms with Crippen LogP contribution in [0.25, 0.3) is 0 Å². The van der Waals surface area contributed by atoms with E-state index in [-0.39, 0.29) is 29.4 Å². The molecule has 0 unspecified atom stereocenters. The van der Waals surface area contributed by atoms with Gasteiger partial charge in [-0.2, -0.15) is 4.98 Å². The van der Waals surface area contributed by atoms with E-state index in [2.05, 4.69) is 20.6 Å². The van der Waals surface area contributed by atoms with Crippen LogP contribution in [0.1, 0.15) is 24.4 Å². The van der Waals surface area contributed by atoms with E-state index in [0.717, 1.165) is 18.4 Å². The summed E-state index contributed by atoms with van der Waals surface area (Å²) in [7, 11) is 3.85. The zero-order valence-electron chi connectivity index (χ0n) is 14.6. The molecule has 1 aromatic heterocycles. The van der Waals surface area contributed by atoms with Crippen molar-refractivity contribution < 1.29 is 9.31 Å². The third-order valence-electron chi connectivity index (χ3n) is 4.22. The van der Waals surface area contributed by atoms with E-state index >= 15 is 0 Å². The van der Waals surface area contributed by atoms with Gasteiger partial charge in [0.1, 0.15) is 12.0 Å². The molecule has 1 saturated carbocycles. The Morgan fingerprint density at radius 3 is 2.62 bits per heavy atom. The van der Waals surface area contributed by atoms with Gasteiger partial charge < -0.3 is 15.5 Å². The molecule has 0 spiro atoms. The van der Waals surface area contributed by atoms with Crippen LogP contribution in [0.15, 0.2) is 30.5 Å². The predicted octanol–water partition coefficient (Wildman–Crippen LogP) is 2.81. The van der Waals surface area contributed by atoms with Gasteiger partial charge in [0.25, 0.3) is 0 Å². The number of halogens is 1. The maximum atomic E-state index is 13.1. The van der Waals surface area contributed by atoms with Crippen molar-refractivity contribution in [1.82, 2.24) is 14.9 Å². The zero-order chi connectivity index (χ0) is 18.7. The molecule has 1 aliphatic rings. The average molecular weight is 360 g/mol. The molecule has 1 fully saturated rings. The summed E-state index contributed by atoms with van der Waals surface area (Å²) in [5, 5.41) is 17.3. The Morgan fingerprint density at radius 1 is 1.35 bits per heavy atom. The number of likely N-dealkylation sites (N-methyl/N-ethyl adjacent to an activating group) is 1. The predicted molar refractivity (Wildman–Crippen MR) is 96.6 cm³/mol. The van der Waals surface area contributed by atoms with Crippen LogP contribution in [-0.4, -0.2) is 46.5 Å². The molecule has 0 saturated heterocycles. The number of hydrogen-bond donors (Lipinski definition) is 2. The lowest BCUT2D eigenvalue weighted by molar-refractivity contribution is -0.384. The second-order valence-corrected chi connectivity index (χ2v) is 6.52. The highest BCUT2D eigenvalue weighted by molar-refractivity contribution is 5.58. The Balaban J connectivity index is 1.74. The first-order valence-electron chi connectivity index (χ1n) is 8.38. The van der Waals surface area contributed by atoms with Gasteiger partial charge in [-0.05, 0) is 44.6 Å². The van der Waals surface area contributed by atoms with Crippen LogP contribution in [-0.2, 0) is 0 Å². The summed E-state index contributed by atoms with van der Waals surface area (Å²) in [5.41, 5.74) is 0.812. The number of nitrogens with one attached hydrogen (secondary N) is 2. The molecular weight excluding hydrogens is 339 g/mol. The van der Waals surface area contributed by atoms with E-state index in [1.165, 1.54) is 18.3 Å². The number of nitro groups is 1. The third-order valence-corrected chi connectivity index (χ3v) is 4.22. The summed E-state index contributed by atoms with van der Waals surface area (Å²) >= 11 is 0. The normalized spacial score (nSPS) is 14.9. The fraction of sp³-hybridized carbons (Fsp3) is 0.412. The van der Waals surface area contributed by atoms with Crippen LogP contribution in [0.2, 0.25) is 0 Å². The first-order valence-corrected chi connectivity index (χ1v) is 8.38. The first-order chi connectivity index (χ1) is 12.4. The first kappa shape index (κ1) is 18.0. The van der Waals surface area contributed by atoms with Gasteiger partial charge in [0.15, 0.2) is 0 Å². The molecule has 1 aliphatic carbocycles. The Bertz CT molecular complexity index is 779. The van der Waals surface area contributed by atoms with E-state index in [0.29, 0.717) is 12.5 Å². The molecule has 0 aliphatic heterocycles. The fourth-order valence-corrected chi connectivity index (χ4v) is 2.59. The quantitative estimate of drug-likeness (QED) is 0.552. The van der Waals surface area contributed by atoms with Gasteiger partial charge in [-0.25, -0.2) is 9.37 Å². The van der Waals surface area contributed by atoms with Crippen molar-refractivity contribution in [2.24, 2.45) is 0 Å². The molecule has 2 N–H and O–H groups in total. The lowest BCUT2D eigenvalue weighted by Gasteiger charge is -2.25. The second-order valence-electron chi connectivity index (χ2n) is 6.52. The Hall–Kier alpha value is -2.81. The van der Waals surface area contributed by atoms with Crippen LogP contribution in [0.3, 0.4) is 0 Å². The highest BCUT2D eigenvalue weighted by Crippen LogP contribution is 2.29. The van der Waals surface area contributed by atoms with Gasteiger partial charge in [-0.1, -0.05) is 12.1 Å². The van der Waals surface area contributed by atoms with Crippen molar-refractivity contribution in [3.8, 4) is 0 Å².